The highest BCUT2D eigenvalue weighted by atomic mass is 28.3. The average molecular weight is 441 g/mol. The lowest BCUT2D eigenvalue weighted by molar-refractivity contribution is -0.137. The maximum Gasteiger partial charge on any atom is 0.416 e. The molecule has 2 aliphatic rings. The zero-order chi connectivity index (χ0) is 21.7. The number of ether oxygens (including phenoxy) is 1. The molecule has 0 amide bonds. The molecule has 2 fully saturated rings. The Morgan fingerprint density at radius 2 is 1.57 bits per heavy atom. The van der Waals surface area contributed by atoms with E-state index in [0.29, 0.717) is 0 Å². The molecule has 1 aromatic rings. The van der Waals surface area contributed by atoms with Crippen LogP contribution < -0.4 is 0 Å². The molecule has 3 rings (SSSR count). The number of alkyl halides is 3. The second-order valence-corrected chi connectivity index (χ2v) is 13.2. The first-order chi connectivity index (χ1) is 14.2. The Balaban J connectivity index is 1.40. The Morgan fingerprint density at radius 3 is 2.10 bits per heavy atom. The summed E-state index contributed by atoms with van der Waals surface area (Å²) in [5.74, 6) is 1.92. The molecule has 0 N–H and O–H groups in total. The molecule has 1 aliphatic heterocycles. The van der Waals surface area contributed by atoms with Gasteiger partial charge in [0.15, 0.2) is 0 Å². The van der Waals surface area contributed by atoms with E-state index in [-0.39, 0.29) is 11.7 Å². The van der Waals surface area contributed by atoms with Crippen LogP contribution in [0.25, 0.3) is 0 Å². The third-order valence-corrected chi connectivity index (χ3v) is 10.6. The van der Waals surface area contributed by atoms with Crippen LogP contribution >= 0.6 is 0 Å². The monoisotopic (exact) mass is 440 g/mol. The largest absolute Gasteiger partial charge is 0.459 e. The van der Waals surface area contributed by atoms with E-state index in [9.17, 15) is 18.0 Å². The molecule has 30 heavy (non-hydrogen) atoms. The number of benzene rings is 1. The molecule has 6 heteroatoms. The van der Waals surface area contributed by atoms with Crippen molar-refractivity contribution < 1.29 is 22.7 Å². The van der Waals surface area contributed by atoms with Gasteiger partial charge in [0.1, 0.15) is 6.10 Å². The van der Waals surface area contributed by atoms with E-state index in [1.54, 1.807) is 0 Å². The fourth-order valence-corrected chi connectivity index (χ4v) is 9.01. The maximum absolute atomic E-state index is 12.7. The molecule has 0 radical (unpaired) electrons. The molecule has 1 saturated heterocycles. The molecule has 1 saturated carbocycles. The summed E-state index contributed by atoms with van der Waals surface area (Å²) in [6, 6.07) is 8.80. The molecule has 0 spiro atoms. The van der Waals surface area contributed by atoms with Crippen LogP contribution in [0.2, 0.25) is 18.1 Å². The van der Waals surface area contributed by atoms with Crippen molar-refractivity contribution in [3.8, 4) is 0 Å². The number of halogens is 3. The van der Waals surface area contributed by atoms with Crippen LogP contribution in [-0.2, 0) is 10.9 Å². The minimum Gasteiger partial charge on any atom is -0.459 e. The van der Waals surface area contributed by atoms with Crippen molar-refractivity contribution in [2.75, 3.05) is 0 Å². The average Bonchev–Trinajstić information content (AvgIpc) is 2.72. The van der Waals surface area contributed by atoms with Crippen LogP contribution in [0.5, 0.6) is 0 Å². The third kappa shape index (κ3) is 6.60. The molecule has 0 bridgehead atoms. The first-order valence-electron chi connectivity index (χ1n) is 11.6. The van der Waals surface area contributed by atoms with Gasteiger partial charge in [-0.1, -0.05) is 51.2 Å². The van der Waals surface area contributed by atoms with Gasteiger partial charge >= 0.3 is 12.1 Å². The fourth-order valence-electron chi connectivity index (χ4n) is 5.21. The summed E-state index contributed by atoms with van der Waals surface area (Å²) >= 11 is 0. The summed E-state index contributed by atoms with van der Waals surface area (Å²) < 4.78 is 43.6. The Kier molecular flexibility index (Phi) is 8.05. The topological polar surface area (TPSA) is 26.3 Å². The molecule has 2 nitrogen and oxygen atoms in total. The summed E-state index contributed by atoms with van der Waals surface area (Å²) in [4.78, 5) is 12.3. The highest BCUT2D eigenvalue weighted by Gasteiger charge is 2.33. The van der Waals surface area contributed by atoms with E-state index in [1.165, 1.54) is 49.5 Å². The molecule has 0 aromatic heterocycles. The van der Waals surface area contributed by atoms with Crippen LogP contribution in [0.3, 0.4) is 0 Å². The van der Waals surface area contributed by atoms with Gasteiger partial charge in [0.2, 0.25) is 0 Å². The van der Waals surface area contributed by atoms with Crippen molar-refractivity contribution in [2.24, 2.45) is 17.8 Å². The van der Waals surface area contributed by atoms with Crippen LogP contribution in [0, 0.1) is 17.8 Å². The second-order valence-electron chi connectivity index (χ2n) is 9.77. The Bertz CT molecular complexity index is 671. The number of hydrogen-bond donors (Lipinski definition) is 0. The molecule has 1 heterocycles. The van der Waals surface area contributed by atoms with Crippen molar-refractivity contribution >= 4 is 14.8 Å². The van der Waals surface area contributed by atoms with Crippen LogP contribution in [0.4, 0.5) is 13.2 Å². The van der Waals surface area contributed by atoms with Gasteiger partial charge in [0, 0.05) is 8.80 Å². The lowest BCUT2D eigenvalue weighted by atomic mass is 9.76. The smallest absolute Gasteiger partial charge is 0.416 e. The van der Waals surface area contributed by atoms with Crippen molar-refractivity contribution in [1.29, 1.82) is 0 Å². The SMILES string of the molecule is CC(C)CC[SiH]1CCC(C2CCC(OC(=O)c3ccc(C(F)(F)F)cc3)CC2)CC1. The number of hydrogen-bond acceptors (Lipinski definition) is 2. The van der Waals surface area contributed by atoms with Crippen LogP contribution in [-0.4, -0.2) is 20.9 Å². The minimum atomic E-state index is -4.39. The van der Waals surface area contributed by atoms with Gasteiger partial charge in [-0.2, -0.15) is 13.2 Å². The number of rotatable bonds is 6. The highest BCUT2D eigenvalue weighted by Crippen LogP contribution is 2.40. The lowest BCUT2D eigenvalue weighted by Crippen LogP contribution is -2.31. The van der Waals surface area contributed by atoms with Gasteiger partial charge in [-0.25, -0.2) is 4.79 Å². The van der Waals surface area contributed by atoms with Gasteiger partial charge in [-0.05, 0) is 67.7 Å². The molecule has 1 aromatic carbocycles. The standard InChI is InChI=1S/C24H35F3O2Si/c1-17(2)11-14-30-15-12-19(13-16-30)18-5-9-22(10-6-18)29-23(28)20-3-7-21(8-4-20)24(25,26)27/h3-4,7-8,17-19,22,30H,5-6,9-16H2,1-2H3. The van der Waals surface area contributed by atoms with Gasteiger partial charge in [0.05, 0.1) is 11.1 Å². The first-order valence-corrected chi connectivity index (χ1v) is 14.1. The molecule has 168 valence electrons. The summed E-state index contributed by atoms with van der Waals surface area (Å²) in [6.07, 6.45) is 3.66. The van der Waals surface area contributed by atoms with Crippen LogP contribution in [0.1, 0.15) is 74.7 Å². The molecule has 1 aliphatic carbocycles. The van der Waals surface area contributed by atoms with E-state index in [1.807, 2.05) is 0 Å². The van der Waals surface area contributed by atoms with Gasteiger partial charge < -0.3 is 4.74 Å². The summed E-state index contributed by atoms with van der Waals surface area (Å²) in [6.45, 7) is 4.64. The van der Waals surface area contributed by atoms with E-state index in [4.69, 9.17) is 4.74 Å². The van der Waals surface area contributed by atoms with Crippen molar-refractivity contribution in [3.63, 3.8) is 0 Å². The number of carbonyl (C=O) groups is 1. The quantitative estimate of drug-likeness (QED) is 0.348. The Morgan fingerprint density at radius 1 is 1.00 bits per heavy atom. The molecule has 0 atom stereocenters. The molecule has 0 unspecified atom stereocenters. The molecular formula is C24H35F3O2Si. The first kappa shape index (κ1) is 23.4. The minimum absolute atomic E-state index is 0.104. The lowest BCUT2D eigenvalue weighted by Gasteiger charge is -2.37. The summed E-state index contributed by atoms with van der Waals surface area (Å²) in [5, 5.41) is 0. The van der Waals surface area contributed by atoms with Crippen molar-refractivity contribution in [2.45, 2.75) is 89.2 Å². The van der Waals surface area contributed by atoms with E-state index < -0.39 is 26.5 Å². The van der Waals surface area contributed by atoms with Gasteiger partial charge in [-0.3, -0.25) is 0 Å². The second kappa shape index (κ2) is 10.3. The van der Waals surface area contributed by atoms with Gasteiger partial charge in [-0.15, -0.1) is 0 Å². The van der Waals surface area contributed by atoms with E-state index in [2.05, 4.69) is 13.8 Å². The van der Waals surface area contributed by atoms with Crippen LogP contribution in [0.15, 0.2) is 24.3 Å². The third-order valence-electron chi connectivity index (χ3n) is 7.15. The summed E-state index contributed by atoms with van der Waals surface area (Å²) in [7, 11) is -0.496. The number of esters is 1. The van der Waals surface area contributed by atoms with Crippen molar-refractivity contribution in [1.82, 2.24) is 0 Å². The normalized spacial score (nSPS) is 27.8. The predicted molar refractivity (Wildman–Crippen MR) is 116 cm³/mol. The highest BCUT2D eigenvalue weighted by molar-refractivity contribution is 6.58. The van der Waals surface area contributed by atoms with Gasteiger partial charge in [0.25, 0.3) is 0 Å². The Labute approximate surface area is 180 Å². The zero-order valence-electron chi connectivity index (χ0n) is 18.2. The maximum atomic E-state index is 12.7. The fraction of sp³-hybridized carbons (Fsp3) is 0.708. The Hall–Kier alpha value is -1.30. The van der Waals surface area contributed by atoms with E-state index >= 15 is 0 Å². The van der Waals surface area contributed by atoms with E-state index in [0.717, 1.165) is 55.6 Å². The molecular weight excluding hydrogens is 405 g/mol. The predicted octanol–water partition coefficient (Wildman–Crippen LogP) is 7.10. The summed E-state index contributed by atoms with van der Waals surface area (Å²) in [5.41, 5.74) is -0.559. The van der Waals surface area contributed by atoms with Crippen molar-refractivity contribution in [3.05, 3.63) is 35.4 Å². The zero-order valence-corrected chi connectivity index (χ0v) is 19.4. The number of carbonyl (C=O) groups excluding carboxylic acids is 1.